The fraction of sp³-hybridized carbons (Fsp3) is 0.118. The summed E-state index contributed by atoms with van der Waals surface area (Å²) in [6, 6.07) is 10.6. The largest absolute Gasteiger partial charge is 0.483 e. The summed E-state index contributed by atoms with van der Waals surface area (Å²) in [4.78, 5) is 34.4. The fourth-order valence-electron chi connectivity index (χ4n) is 1.95. The number of halogens is 1. The topological polar surface area (TPSA) is 92.7 Å². The molecule has 0 saturated heterocycles. The van der Waals surface area contributed by atoms with Gasteiger partial charge in [0.1, 0.15) is 11.3 Å². The first kappa shape index (κ1) is 17.5. The van der Waals surface area contributed by atoms with Crippen molar-refractivity contribution >= 4 is 34.9 Å². The summed E-state index contributed by atoms with van der Waals surface area (Å²) in [6.07, 6.45) is 0. The van der Waals surface area contributed by atoms with Gasteiger partial charge in [0.05, 0.1) is 0 Å². The van der Waals surface area contributed by atoms with Gasteiger partial charge < -0.3 is 15.2 Å². The van der Waals surface area contributed by atoms with Crippen LogP contribution in [0.1, 0.15) is 27.6 Å². The maximum Gasteiger partial charge on any atom is 0.339 e. The van der Waals surface area contributed by atoms with Crippen molar-refractivity contribution < 1.29 is 24.2 Å². The van der Waals surface area contributed by atoms with Gasteiger partial charge in [-0.05, 0) is 37.3 Å². The second kappa shape index (κ2) is 7.61. The van der Waals surface area contributed by atoms with E-state index in [2.05, 4.69) is 5.32 Å². The van der Waals surface area contributed by atoms with E-state index in [1.807, 2.05) is 0 Å². The van der Waals surface area contributed by atoms with Crippen molar-refractivity contribution in [2.45, 2.75) is 6.92 Å². The molecule has 2 aromatic carbocycles. The van der Waals surface area contributed by atoms with Gasteiger partial charge in [-0.1, -0.05) is 23.7 Å². The Morgan fingerprint density at radius 3 is 2.58 bits per heavy atom. The Hall–Kier alpha value is -2.86. The Kier molecular flexibility index (Phi) is 5.55. The molecule has 0 aliphatic heterocycles. The molecule has 0 aliphatic rings. The molecule has 0 fully saturated rings. The van der Waals surface area contributed by atoms with Crippen LogP contribution in [0.5, 0.6) is 5.75 Å². The van der Waals surface area contributed by atoms with Gasteiger partial charge in [0.2, 0.25) is 0 Å². The normalized spacial score (nSPS) is 10.1. The average Bonchev–Trinajstić information content (AvgIpc) is 2.53. The number of ketones is 1. The number of Topliss-reactive ketones (excluding diaryl/α,β-unsaturated/α-hetero) is 1. The van der Waals surface area contributed by atoms with Crippen LogP contribution in [0.15, 0.2) is 42.5 Å². The summed E-state index contributed by atoms with van der Waals surface area (Å²) in [6.45, 7) is 1.05. The van der Waals surface area contributed by atoms with Crippen LogP contribution in [0.4, 0.5) is 5.69 Å². The van der Waals surface area contributed by atoms with Crippen molar-refractivity contribution in [2.24, 2.45) is 0 Å². The average molecular weight is 348 g/mol. The molecule has 2 N–H and O–H groups in total. The maximum atomic E-state index is 11.9. The van der Waals surface area contributed by atoms with Crippen LogP contribution in [0.2, 0.25) is 5.02 Å². The fourth-order valence-corrected chi connectivity index (χ4v) is 2.12. The van der Waals surface area contributed by atoms with Crippen LogP contribution in [0.3, 0.4) is 0 Å². The number of hydrogen-bond acceptors (Lipinski definition) is 4. The second-order valence-corrected chi connectivity index (χ2v) is 5.36. The van der Waals surface area contributed by atoms with Crippen LogP contribution in [0.25, 0.3) is 0 Å². The number of anilines is 1. The summed E-state index contributed by atoms with van der Waals surface area (Å²) < 4.78 is 5.25. The molecule has 124 valence electrons. The lowest BCUT2D eigenvalue weighted by Gasteiger charge is -2.10. The minimum absolute atomic E-state index is 0.0412. The Morgan fingerprint density at radius 1 is 1.17 bits per heavy atom. The van der Waals surface area contributed by atoms with E-state index in [4.69, 9.17) is 21.4 Å². The minimum Gasteiger partial charge on any atom is -0.483 e. The Morgan fingerprint density at radius 2 is 1.92 bits per heavy atom. The molecule has 0 atom stereocenters. The number of rotatable bonds is 6. The molecule has 0 bridgehead atoms. The molecular formula is C17H14ClNO5. The molecule has 24 heavy (non-hydrogen) atoms. The number of amides is 1. The lowest BCUT2D eigenvalue weighted by atomic mass is 10.1. The van der Waals surface area contributed by atoms with E-state index in [1.165, 1.54) is 25.1 Å². The zero-order valence-electron chi connectivity index (χ0n) is 12.7. The lowest BCUT2D eigenvalue weighted by Crippen LogP contribution is -2.21. The first-order chi connectivity index (χ1) is 11.4. The van der Waals surface area contributed by atoms with E-state index in [0.717, 1.165) is 0 Å². The van der Waals surface area contributed by atoms with Crippen molar-refractivity contribution in [2.75, 3.05) is 11.9 Å². The van der Waals surface area contributed by atoms with Crippen LogP contribution in [-0.2, 0) is 4.79 Å². The van der Waals surface area contributed by atoms with Crippen molar-refractivity contribution in [3.63, 3.8) is 0 Å². The second-order valence-electron chi connectivity index (χ2n) is 4.92. The van der Waals surface area contributed by atoms with E-state index in [-0.39, 0.29) is 28.7 Å². The molecule has 7 heteroatoms. The Labute approximate surface area is 143 Å². The standard InChI is InChI=1S/C17H14ClNO5/c1-10(20)11-3-2-4-13(7-11)19-16(21)9-24-15-6-5-12(18)8-14(15)17(22)23/h2-8H,9H2,1H3,(H,19,21)(H,22,23). The first-order valence-electron chi connectivity index (χ1n) is 6.93. The highest BCUT2D eigenvalue weighted by atomic mass is 35.5. The maximum absolute atomic E-state index is 11.9. The van der Waals surface area contributed by atoms with E-state index in [9.17, 15) is 14.4 Å². The molecule has 0 heterocycles. The zero-order chi connectivity index (χ0) is 17.7. The lowest BCUT2D eigenvalue weighted by molar-refractivity contribution is -0.118. The summed E-state index contributed by atoms with van der Waals surface area (Å²) in [5.74, 6) is -1.77. The number of benzene rings is 2. The number of hydrogen-bond donors (Lipinski definition) is 2. The molecule has 1 amide bonds. The van der Waals surface area contributed by atoms with Gasteiger partial charge >= 0.3 is 5.97 Å². The van der Waals surface area contributed by atoms with E-state index in [0.29, 0.717) is 11.3 Å². The predicted octanol–water partition coefficient (Wildman–Crippen LogP) is 3.26. The highest BCUT2D eigenvalue weighted by Crippen LogP contribution is 2.23. The van der Waals surface area contributed by atoms with Crippen LogP contribution in [0, 0.1) is 0 Å². The summed E-state index contributed by atoms with van der Waals surface area (Å²) in [7, 11) is 0. The van der Waals surface area contributed by atoms with Crippen LogP contribution >= 0.6 is 11.6 Å². The molecular weight excluding hydrogens is 334 g/mol. The van der Waals surface area contributed by atoms with E-state index < -0.39 is 11.9 Å². The van der Waals surface area contributed by atoms with Crippen molar-refractivity contribution in [1.82, 2.24) is 0 Å². The van der Waals surface area contributed by atoms with Gasteiger partial charge in [-0.25, -0.2) is 4.79 Å². The molecule has 2 aromatic rings. The van der Waals surface area contributed by atoms with E-state index in [1.54, 1.807) is 24.3 Å². The van der Waals surface area contributed by atoms with Crippen molar-refractivity contribution in [3.05, 3.63) is 58.6 Å². The monoisotopic (exact) mass is 347 g/mol. The van der Waals surface area contributed by atoms with Gasteiger partial charge in [0.15, 0.2) is 12.4 Å². The molecule has 0 spiro atoms. The minimum atomic E-state index is -1.21. The number of ether oxygens (including phenoxy) is 1. The Bertz CT molecular complexity index is 803. The van der Waals surface area contributed by atoms with Gasteiger partial charge in [-0.2, -0.15) is 0 Å². The number of carboxylic acids is 1. The zero-order valence-corrected chi connectivity index (χ0v) is 13.5. The predicted molar refractivity (Wildman–Crippen MR) is 89.0 cm³/mol. The molecule has 0 saturated carbocycles. The van der Waals surface area contributed by atoms with Gasteiger partial charge in [0.25, 0.3) is 5.91 Å². The third kappa shape index (κ3) is 4.57. The highest BCUT2D eigenvalue weighted by Gasteiger charge is 2.13. The number of carbonyl (C=O) groups is 3. The summed E-state index contributed by atoms with van der Waals surface area (Å²) in [5.41, 5.74) is 0.791. The van der Waals surface area contributed by atoms with E-state index >= 15 is 0 Å². The third-order valence-corrected chi connectivity index (χ3v) is 3.32. The number of nitrogens with one attached hydrogen (secondary N) is 1. The third-order valence-electron chi connectivity index (χ3n) is 3.08. The molecule has 6 nitrogen and oxygen atoms in total. The van der Waals surface area contributed by atoms with Gasteiger partial charge in [-0.3, -0.25) is 9.59 Å². The number of aromatic carboxylic acids is 1. The Balaban J connectivity index is 2.03. The molecule has 0 radical (unpaired) electrons. The number of carboxylic acid groups (broad SMARTS) is 1. The SMILES string of the molecule is CC(=O)c1cccc(NC(=O)COc2ccc(Cl)cc2C(=O)O)c1. The smallest absolute Gasteiger partial charge is 0.339 e. The highest BCUT2D eigenvalue weighted by molar-refractivity contribution is 6.31. The molecule has 0 aliphatic carbocycles. The van der Waals surface area contributed by atoms with Crippen molar-refractivity contribution in [3.8, 4) is 5.75 Å². The summed E-state index contributed by atoms with van der Waals surface area (Å²) >= 11 is 5.75. The molecule has 0 unspecified atom stereocenters. The van der Waals surface area contributed by atoms with Crippen molar-refractivity contribution in [1.29, 1.82) is 0 Å². The van der Waals surface area contributed by atoms with Gasteiger partial charge in [-0.15, -0.1) is 0 Å². The van der Waals surface area contributed by atoms with Crippen LogP contribution in [-0.4, -0.2) is 29.4 Å². The summed E-state index contributed by atoms with van der Waals surface area (Å²) in [5, 5.41) is 11.9. The molecule has 0 aromatic heterocycles. The molecule has 2 rings (SSSR count). The first-order valence-corrected chi connectivity index (χ1v) is 7.31. The van der Waals surface area contributed by atoms with Crippen LogP contribution < -0.4 is 10.1 Å². The van der Waals surface area contributed by atoms with Gasteiger partial charge in [0, 0.05) is 16.3 Å². The number of carbonyl (C=O) groups excluding carboxylic acids is 2. The quantitative estimate of drug-likeness (QED) is 0.782.